The minimum absolute atomic E-state index is 0.0173. The van der Waals surface area contributed by atoms with Crippen LogP contribution in [0.1, 0.15) is 23.4 Å². The minimum Gasteiger partial charge on any atom is -0.496 e. The van der Waals surface area contributed by atoms with E-state index in [4.69, 9.17) is 21.3 Å². The standard InChI is InChI=1S/C20H17ClN2O2/c1-12-3-6-18(25-2)14(9-12)10-13-7-8-23-19(13)22-17-11-15(21)4-5-16(17)20(23)24/h3-6,9-11H,7-8H2,1-2H3/b13-10+. The van der Waals surface area contributed by atoms with Gasteiger partial charge in [-0.2, -0.15) is 0 Å². The summed E-state index contributed by atoms with van der Waals surface area (Å²) in [6.07, 6.45) is 2.83. The second-order valence-electron chi connectivity index (χ2n) is 6.22. The van der Waals surface area contributed by atoms with Crippen LogP contribution in [0.2, 0.25) is 5.02 Å². The Morgan fingerprint density at radius 2 is 2.08 bits per heavy atom. The Kier molecular flexibility index (Phi) is 3.85. The summed E-state index contributed by atoms with van der Waals surface area (Å²) in [5, 5.41) is 1.18. The van der Waals surface area contributed by atoms with E-state index in [2.05, 4.69) is 12.1 Å². The van der Waals surface area contributed by atoms with Crippen molar-refractivity contribution in [3.05, 3.63) is 68.7 Å². The lowest BCUT2D eigenvalue weighted by Crippen LogP contribution is -2.20. The largest absolute Gasteiger partial charge is 0.496 e. The number of hydrogen-bond donors (Lipinski definition) is 0. The molecule has 0 bridgehead atoms. The van der Waals surface area contributed by atoms with Crippen LogP contribution < -0.4 is 10.3 Å². The molecule has 2 aromatic carbocycles. The quantitative estimate of drug-likeness (QED) is 0.690. The van der Waals surface area contributed by atoms with E-state index in [1.807, 2.05) is 19.1 Å². The van der Waals surface area contributed by atoms with Gasteiger partial charge in [-0.3, -0.25) is 9.36 Å². The molecule has 0 unspecified atom stereocenters. The van der Waals surface area contributed by atoms with E-state index in [0.29, 0.717) is 28.3 Å². The third kappa shape index (κ3) is 2.72. The molecule has 5 heteroatoms. The Morgan fingerprint density at radius 1 is 1.24 bits per heavy atom. The van der Waals surface area contributed by atoms with Crippen LogP contribution in [0.3, 0.4) is 0 Å². The number of ether oxygens (including phenoxy) is 1. The number of hydrogen-bond acceptors (Lipinski definition) is 3. The summed E-state index contributed by atoms with van der Waals surface area (Å²) in [5.74, 6) is 1.52. The molecule has 1 aromatic heterocycles. The maximum absolute atomic E-state index is 12.7. The molecule has 0 saturated heterocycles. The van der Waals surface area contributed by atoms with E-state index in [1.54, 1.807) is 29.9 Å². The van der Waals surface area contributed by atoms with Crippen LogP contribution >= 0.6 is 11.6 Å². The van der Waals surface area contributed by atoms with Crippen molar-refractivity contribution in [1.82, 2.24) is 9.55 Å². The molecule has 0 saturated carbocycles. The molecule has 0 amide bonds. The molecule has 0 fully saturated rings. The van der Waals surface area contributed by atoms with Crippen LogP contribution in [-0.4, -0.2) is 16.7 Å². The molecule has 3 aromatic rings. The van der Waals surface area contributed by atoms with Crippen molar-refractivity contribution < 1.29 is 4.74 Å². The second-order valence-corrected chi connectivity index (χ2v) is 6.66. The average molecular weight is 353 g/mol. The molecule has 25 heavy (non-hydrogen) atoms. The summed E-state index contributed by atoms with van der Waals surface area (Å²) >= 11 is 6.07. The summed E-state index contributed by atoms with van der Waals surface area (Å²) in [4.78, 5) is 17.4. The summed E-state index contributed by atoms with van der Waals surface area (Å²) < 4.78 is 7.20. The minimum atomic E-state index is -0.0173. The van der Waals surface area contributed by atoms with E-state index in [9.17, 15) is 4.79 Å². The Bertz CT molecular complexity index is 1080. The smallest absolute Gasteiger partial charge is 0.261 e. The fourth-order valence-electron chi connectivity index (χ4n) is 3.28. The van der Waals surface area contributed by atoms with Gasteiger partial charge in [0.05, 0.1) is 18.0 Å². The first-order chi connectivity index (χ1) is 12.1. The predicted molar refractivity (Wildman–Crippen MR) is 101 cm³/mol. The van der Waals surface area contributed by atoms with Crippen LogP contribution in [0, 0.1) is 6.92 Å². The maximum atomic E-state index is 12.7. The van der Waals surface area contributed by atoms with Crippen molar-refractivity contribution >= 4 is 34.2 Å². The lowest BCUT2D eigenvalue weighted by atomic mass is 10.1. The van der Waals surface area contributed by atoms with Crippen molar-refractivity contribution in [3.63, 3.8) is 0 Å². The Labute approximate surface area is 150 Å². The first-order valence-electron chi connectivity index (χ1n) is 8.12. The average Bonchev–Trinajstić information content (AvgIpc) is 2.98. The molecule has 1 aliphatic heterocycles. The molecule has 0 aliphatic carbocycles. The third-order valence-electron chi connectivity index (χ3n) is 4.52. The first-order valence-corrected chi connectivity index (χ1v) is 8.50. The fraction of sp³-hybridized carbons (Fsp3) is 0.200. The lowest BCUT2D eigenvalue weighted by molar-refractivity contribution is 0.414. The number of methoxy groups -OCH3 is 1. The number of nitrogens with zero attached hydrogens (tertiary/aromatic N) is 2. The number of aryl methyl sites for hydroxylation is 1. The van der Waals surface area contributed by atoms with Crippen molar-refractivity contribution in [2.75, 3.05) is 7.11 Å². The van der Waals surface area contributed by atoms with Crippen LogP contribution in [0.5, 0.6) is 5.75 Å². The summed E-state index contributed by atoms with van der Waals surface area (Å²) in [6, 6.07) is 11.3. The molecule has 0 atom stereocenters. The van der Waals surface area contributed by atoms with E-state index in [-0.39, 0.29) is 5.56 Å². The first kappa shape index (κ1) is 15.9. The van der Waals surface area contributed by atoms with Crippen LogP contribution in [0.25, 0.3) is 22.6 Å². The van der Waals surface area contributed by atoms with Gasteiger partial charge in [0, 0.05) is 17.1 Å². The topological polar surface area (TPSA) is 44.1 Å². The number of benzene rings is 2. The van der Waals surface area contributed by atoms with Gasteiger partial charge in [0.2, 0.25) is 0 Å². The van der Waals surface area contributed by atoms with Crippen LogP contribution in [0.4, 0.5) is 0 Å². The van der Waals surface area contributed by atoms with E-state index in [0.717, 1.165) is 28.9 Å². The van der Waals surface area contributed by atoms with Crippen LogP contribution in [-0.2, 0) is 6.54 Å². The van der Waals surface area contributed by atoms with Gasteiger partial charge >= 0.3 is 0 Å². The molecule has 2 heterocycles. The molecule has 126 valence electrons. The number of aromatic nitrogens is 2. The number of halogens is 1. The highest BCUT2D eigenvalue weighted by molar-refractivity contribution is 6.31. The number of rotatable bonds is 2. The normalized spacial score (nSPS) is 14.9. The van der Waals surface area contributed by atoms with E-state index in [1.165, 1.54) is 0 Å². The molecular formula is C20H17ClN2O2. The van der Waals surface area contributed by atoms with Gasteiger partial charge in [-0.05, 0) is 55.3 Å². The number of fused-ring (bicyclic) bond motifs is 2. The third-order valence-corrected chi connectivity index (χ3v) is 4.76. The zero-order chi connectivity index (χ0) is 17.6. The van der Waals surface area contributed by atoms with E-state index < -0.39 is 0 Å². The second kappa shape index (κ2) is 6.05. The molecular weight excluding hydrogens is 336 g/mol. The SMILES string of the molecule is COc1ccc(C)cc1/C=C1\CCn2c1nc1cc(Cl)ccc1c2=O. The van der Waals surface area contributed by atoms with Gasteiger partial charge in [-0.1, -0.05) is 23.2 Å². The van der Waals surface area contributed by atoms with Gasteiger partial charge in [0.1, 0.15) is 11.6 Å². The summed E-state index contributed by atoms with van der Waals surface area (Å²) in [5.41, 5.74) is 3.79. The van der Waals surface area contributed by atoms with Crippen molar-refractivity contribution in [2.24, 2.45) is 0 Å². The molecule has 4 rings (SSSR count). The Balaban J connectivity index is 1.91. The molecule has 0 N–H and O–H groups in total. The molecule has 1 aliphatic rings. The highest BCUT2D eigenvalue weighted by Gasteiger charge is 2.21. The van der Waals surface area contributed by atoms with E-state index >= 15 is 0 Å². The highest BCUT2D eigenvalue weighted by Crippen LogP contribution is 2.31. The monoisotopic (exact) mass is 352 g/mol. The Morgan fingerprint density at radius 3 is 2.88 bits per heavy atom. The van der Waals surface area contributed by atoms with Crippen molar-refractivity contribution in [3.8, 4) is 5.75 Å². The summed E-state index contributed by atoms with van der Waals surface area (Å²) in [7, 11) is 1.66. The maximum Gasteiger partial charge on any atom is 0.261 e. The van der Waals surface area contributed by atoms with Crippen molar-refractivity contribution in [2.45, 2.75) is 19.9 Å². The Hall–Kier alpha value is -2.59. The van der Waals surface area contributed by atoms with Gasteiger partial charge in [-0.25, -0.2) is 4.98 Å². The summed E-state index contributed by atoms with van der Waals surface area (Å²) in [6.45, 7) is 2.68. The van der Waals surface area contributed by atoms with Crippen molar-refractivity contribution in [1.29, 1.82) is 0 Å². The van der Waals surface area contributed by atoms with Gasteiger partial charge in [-0.15, -0.1) is 0 Å². The number of allylic oxidation sites excluding steroid dienone is 1. The zero-order valence-corrected chi connectivity index (χ0v) is 14.8. The molecule has 0 spiro atoms. The van der Waals surface area contributed by atoms with Gasteiger partial charge < -0.3 is 4.74 Å². The van der Waals surface area contributed by atoms with Gasteiger partial charge in [0.25, 0.3) is 5.56 Å². The predicted octanol–water partition coefficient (Wildman–Crippen LogP) is 4.31. The molecule has 0 radical (unpaired) electrons. The zero-order valence-electron chi connectivity index (χ0n) is 14.0. The van der Waals surface area contributed by atoms with Gasteiger partial charge in [0.15, 0.2) is 0 Å². The highest BCUT2D eigenvalue weighted by atomic mass is 35.5. The lowest BCUT2D eigenvalue weighted by Gasteiger charge is -2.08. The van der Waals surface area contributed by atoms with Crippen LogP contribution in [0.15, 0.2) is 41.2 Å². The fourth-order valence-corrected chi connectivity index (χ4v) is 3.45. The molecule has 4 nitrogen and oxygen atoms in total.